The van der Waals surface area contributed by atoms with Crippen LogP contribution in [0.5, 0.6) is 0 Å². The fraction of sp³-hybridized carbons (Fsp3) is 0.182. The Hall–Kier alpha value is -1.82. The zero-order chi connectivity index (χ0) is 12.5. The highest BCUT2D eigenvalue weighted by Crippen LogP contribution is 2.18. The molecule has 0 atom stereocenters. The Morgan fingerprint density at radius 2 is 1.94 bits per heavy atom. The van der Waals surface area contributed by atoms with Gasteiger partial charge in [0.25, 0.3) is 0 Å². The number of hydrogen-bond acceptors (Lipinski definition) is 4. The first-order chi connectivity index (χ1) is 7.98. The number of nitrogens with zero attached hydrogens (tertiary/aromatic N) is 2. The molecule has 2 rings (SSSR count). The van der Waals surface area contributed by atoms with E-state index in [1.807, 2.05) is 30.3 Å². The fourth-order valence-electron chi connectivity index (χ4n) is 1.55. The van der Waals surface area contributed by atoms with Gasteiger partial charge in [-0.25, -0.2) is 13.1 Å². The summed E-state index contributed by atoms with van der Waals surface area (Å²) in [6.07, 6.45) is 2.40. The first kappa shape index (κ1) is 11.7. The normalized spacial score (nSPS) is 11.6. The van der Waals surface area contributed by atoms with Crippen LogP contribution in [0.1, 0.15) is 5.56 Å². The van der Waals surface area contributed by atoms with E-state index in [1.165, 1.54) is 10.9 Å². The van der Waals surface area contributed by atoms with Crippen molar-refractivity contribution >= 4 is 15.7 Å². The summed E-state index contributed by atoms with van der Waals surface area (Å²) in [5.74, 6) is 0.177. The molecule has 0 bridgehead atoms. The van der Waals surface area contributed by atoms with Crippen molar-refractivity contribution in [3.63, 3.8) is 0 Å². The number of nitrogen functional groups attached to an aromatic ring is 1. The molecule has 2 N–H and O–H groups in total. The van der Waals surface area contributed by atoms with Gasteiger partial charge in [-0.15, -0.1) is 0 Å². The van der Waals surface area contributed by atoms with Gasteiger partial charge in [-0.3, -0.25) is 0 Å². The molecule has 1 heterocycles. The number of benzene rings is 1. The lowest BCUT2D eigenvalue weighted by atomic mass is 10.2. The van der Waals surface area contributed by atoms with Gasteiger partial charge in [-0.05, 0) is 5.56 Å². The fourth-order valence-corrected chi connectivity index (χ4v) is 2.27. The van der Waals surface area contributed by atoms with Gasteiger partial charge < -0.3 is 5.73 Å². The molecular weight excluding hydrogens is 238 g/mol. The van der Waals surface area contributed by atoms with E-state index in [0.29, 0.717) is 6.54 Å². The highest BCUT2D eigenvalue weighted by Gasteiger charge is 2.16. The monoisotopic (exact) mass is 251 g/mol. The minimum Gasteiger partial charge on any atom is -0.383 e. The summed E-state index contributed by atoms with van der Waals surface area (Å²) < 4.78 is 24.3. The van der Waals surface area contributed by atoms with Crippen molar-refractivity contribution in [1.82, 2.24) is 9.78 Å². The van der Waals surface area contributed by atoms with Crippen LogP contribution in [-0.4, -0.2) is 24.5 Å². The van der Waals surface area contributed by atoms with Gasteiger partial charge in [0.05, 0.1) is 12.7 Å². The third-order valence-electron chi connectivity index (χ3n) is 2.42. The summed E-state index contributed by atoms with van der Waals surface area (Å²) in [4.78, 5) is 0.0773. The van der Waals surface area contributed by atoms with E-state index >= 15 is 0 Å². The average Bonchev–Trinajstić information content (AvgIpc) is 2.61. The molecular formula is C11H13N3O2S. The molecule has 5 nitrogen and oxygen atoms in total. The van der Waals surface area contributed by atoms with Crippen LogP contribution in [0.2, 0.25) is 0 Å². The molecule has 0 aliphatic rings. The van der Waals surface area contributed by atoms with E-state index in [0.717, 1.165) is 11.8 Å². The largest absolute Gasteiger partial charge is 0.383 e. The van der Waals surface area contributed by atoms with Crippen LogP contribution in [0.4, 0.5) is 5.82 Å². The van der Waals surface area contributed by atoms with Gasteiger partial charge in [0.1, 0.15) is 10.7 Å². The quantitative estimate of drug-likeness (QED) is 0.879. The minimum absolute atomic E-state index is 0.0773. The predicted molar refractivity (Wildman–Crippen MR) is 65.3 cm³/mol. The smallest absolute Gasteiger partial charge is 0.180 e. The maximum absolute atomic E-state index is 11.4. The molecule has 0 spiro atoms. The molecule has 90 valence electrons. The topological polar surface area (TPSA) is 78.0 Å². The Morgan fingerprint density at radius 1 is 1.29 bits per heavy atom. The van der Waals surface area contributed by atoms with Crippen molar-refractivity contribution in [3.05, 3.63) is 42.1 Å². The van der Waals surface area contributed by atoms with Gasteiger partial charge in [-0.2, -0.15) is 5.10 Å². The van der Waals surface area contributed by atoms with E-state index in [-0.39, 0.29) is 10.7 Å². The van der Waals surface area contributed by atoms with Crippen LogP contribution in [0.15, 0.2) is 41.4 Å². The van der Waals surface area contributed by atoms with Crippen LogP contribution >= 0.6 is 0 Å². The van der Waals surface area contributed by atoms with Crippen LogP contribution in [-0.2, 0) is 16.4 Å². The zero-order valence-corrected chi connectivity index (χ0v) is 10.2. The molecule has 0 amide bonds. The first-order valence-corrected chi connectivity index (χ1v) is 6.93. The number of anilines is 1. The van der Waals surface area contributed by atoms with Crippen molar-refractivity contribution in [2.45, 2.75) is 11.4 Å². The summed E-state index contributed by atoms with van der Waals surface area (Å²) in [5, 5.41) is 3.99. The molecule has 2 aromatic rings. The summed E-state index contributed by atoms with van der Waals surface area (Å²) in [7, 11) is -3.31. The standard InChI is InChI=1S/C11H13N3O2S/c1-17(15,16)10-7-13-14(11(10)12)8-9-5-3-2-4-6-9/h2-7H,8,12H2,1H3. The molecule has 0 aliphatic heterocycles. The van der Waals surface area contributed by atoms with Crippen molar-refractivity contribution in [1.29, 1.82) is 0 Å². The highest BCUT2D eigenvalue weighted by atomic mass is 32.2. The van der Waals surface area contributed by atoms with Crippen LogP contribution in [0.25, 0.3) is 0 Å². The van der Waals surface area contributed by atoms with Crippen molar-refractivity contribution in [2.75, 3.05) is 12.0 Å². The number of rotatable bonds is 3. The lowest BCUT2D eigenvalue weighted by Crippen LogP contribution is -2.08. The second-order valence-corrected chi connectivity index (χ2v) is 5.79. The number of nitrogens with two attached hydrogens (primary N) is 1. The zero-order valence-electron chi connectivity index (χ0n) is 9.37. The Kier molecular flexibility index (Phi) is 2.89. The molecule has 0 saturated carbocycles. The van der Waals surface area contributed by atoms with E-state index in [2.05, 4.69) is 5.10 Å². The SMILES string of the molecule is CS(=O)(=O)c1cnn(Cc2ccccc2)c1N. The Morgan fingerprint density at radius 3 is 2.47 bits per heavy atom. The van der Waals surface area contributed by atoms with Gasteiger partial charge in [0, 0.05) is 6.26 Å². The lowest BCUT2D eigenvalue weighted by molar-refractivity contribution is 0.602. The third kappa shape index (κ3) is 2.47. The Bertz CT molecular complexity index is 617. The molecule has 0 aliphatic carbocycles. The van der Waals surface area contributed by atoms with E-state index < -0.39 is 9.84 Å². The maximum atomic E-state index is 11.4. The van der Waals surface area contributed by atoms with E-state index in [1.54, 1.807) is 0 Å². The van der Waals surface area contributed by atoms with Crippen molar-refractivity contribution in [3.8, 4) is 0 Å². The second-order valence-electron chi connectivity index (χ2n) is 3.81. The highest BCUT2D eigenvalue weighted by molar-refractivity contribution is 7.90. The van der Waals surface area contributed by atoms with Gasteiger partial charge in [-0.1, -0.05) is 30.3 Å². The minimum atomic E-state index is -3.31. The van der Waals surface area contributed by atoms with E-state index in [9.17, 15) is 8.42 Å². The molecule has 0 saturated heterocycles. The third-order valence-corrected chi connectivity index (χ3v) is 3.53. The molecule has 17 heavy (non-hydrogen) atoms. The predicted octanol–water partition coefficient (Wildman–Crippen LogP) is 0.917. The number of aromatic nitrogens is 2. The second kappa shape index (κ2) is 4.21. The number of sulfone groups is 1. The van der Waals surface area contributed by atoms with Crippen LogP contribution in [0, 0.1) is 0 Å². The van der Waals surface area contributed by atoms with Gasteiger partial charge in [0.2, 0.25) is 0 Å². The summed E-state index contributed by atoms with van der Waals surface area (Å²) in [6.45, 7) is 0.461. The van der Waals surface area contributed by atoms with Gasteiger partial charge >= 0.3 is 0 Å². The van der Waals surface area contributed by atoms with Crippen molar-refractivity contribution < 1.29 is 8.42 Å². The molecule has 1 aromatic heterocycles. The Labute approximate surface area is 99.8 Å². The van der Waals surface area contributed by atoms with Crippen LogP contribution < -0.4 is 5.73 Å². The van der Waals surface area contributed by atoms with Crippen LogP contribution in [0.3, 0.4) is 0 Å². The lowest BCUT2D eigenvalue weighted by Gasteiger charge is -2.04. The molecule has 6 heteroatoms. The van der Waals surface area contributed by atoms with Gasteiger partial charge in [0.15, 0.2) is 9.84 Å². The molecule has 0 fully saturated rings. The number of hydrogen-bond donors (Lipinski definition) is 1. The molecule has 0 unspecified atom stereocenters. The summed E-state index contributed by atoms with van der Waals surface area (Å²) in [6, 6.07) is 9.60. The van der Waals surface area contributed by atoms with E-state index in [4.69, 9.17) is 5.73 Å². The molecule has 1 aromatic carbocycles. The molecule has 0 radical (unpaired) electrons. The summed E-state index contributed by atoms with van der Waals surface area (Å²) in [5.41, 5.74) is 6.77. The average molecular weight is 251 g/mol. The maximum Gasteiger partial charge on any atom is 0.180 e. The Balaban J connectivity index is 2.34. The first-order valence-electron chi connectivity index (χ1n) is 5.04. The van der Waals surface area contributed by atoms with Crippen molar-refractivity contribution in [2.24, 2.45) is 0 Å². The summed E-state index contributed by atoms with van der Waals surface area (Å²) >= 11 is 0.